The predicted octanol–water partition coefficient (Wildman–Crippen LogP) is 1.22. The van der Waals surface area contributed by atoms with Crippen molar-refractivity contribution < 1.29 is 14.3 Å². The molecular formula is C15H22N2O3. The van der Waals surface area contributed by atoms with E-state index in [1.807, 2.05) is 38.1 Å². The fraction of sp³-hybridized carbons (Fsp3) is 0.467. The first-order chi connectivity index (χ1) is 9.62. The molecular weight excluding hydrogens is 256 g/mol. The number of nitrogens with one attached hydrogen (secondary N) is 1. The maximum atomic E-state index is 12.2. The van der Waals surface area contributed by atoms with Crippen LogP contribution in [-0.2, 0) is 16.0 Å². The molecule has 0 saturated carbocycles. The Morgan fingerprint density at radius 3 is 2.55 bits per heavy atom. The van der Waals surface area contributed by atoms with Crippen LogP contribution in [0.3, 0.4) is 0 Å². The SMILES string of the molecule is CCNC(=O)CN(CC)C(=O)Cc1ccccc1OC. The van der Waals surface area contributed by atoms with Gasteiger partial charge in [-0.25, -0.2) is 0 Å². The van der Waals surface area contributed by atoms with E-state index in [4.69, 9.17) is 4.74 Å². The number of likely N-dealkylation sites (N-methyl/N-ethyl adjacent to an activating group) is 2. The van der Waals surface area contributed by atoms with Gasteiger partial charge in [-0.15, -0.1) is 0 Å². The largest absolute Gasteiger partial charge is 0.496 e. The first kappa shape index (κ1) is 16.0. The van der Waals surface area contributed by atoms with Crippen molar-refractivity contribution in [3.63, 3.8) is 0 Å². The second-order valence-corrected chi connectivity index (χ2v) is 4.35. The van der Waals surface area contributed by atoms with Crippen LogP contribution in [0.1, 0.15) is 19.4 Å². The van der Waals surface area contributed by atoms with Crippen LogP contribution in [0.5, 0.6) is 5.75 Å². The van der Waals surface area contributed by atoms with E-state index >= 15 is 0 Å². The minimum absolute atomic E-state index is 0.0803. The van der Waals surface area contributed by atoms with E-state index in [1.54, 1.807) is 7.11 Å². The molecule has 110 valence electrons. The van der Waals surface area contributed by atoms with Crippen LogP contribution >= 0.6 is 0 Å². The second kappa shape index (κ2) is 8.19. The molecule has 0 heterocycles. The average molecular weight is 278 g/mol. The van der Waals surface area contributed by atoms with Gasteiger partial charge in [-0.2, -0.15) is 0 Å². The van der Waals surface area contributed by atoms with Crippen molar-refractivity contribution in [3.05, 3.63) is 29.8 Å². The molecule has 0 atom stereocenters. The van der Waals surface area contributed by atoms with Gasteiger partial charge < -0.3 is 15.0 Å². The van der Waals surface area contributed by atoms with E-state index in [0.717, 1.165) is 5.56 Å². The molecule has 0 aromatic heterocycles. The zero-order valence-electron chi connectivity index (χ0n) is 12.3. The average Bonchev–Trinajstić information content (AvgIpc) is 2.45. The molecule has 1 aromatic carbocycles. The van der Waals surface area contributed by atoms with E-state index in [-0.39, 0.29) is 24.8 Å². The fourth-order valence-electron chi connectivity index (χ4n) is 1.93. The number of hydrogen-bond donors (Lipinski definition) is 1. The van der Waals surface area contributed by atoms with Crippen LogP contribution < -0.4 is 10.1 Å². The molecule has 0 aliphatic carbocycles. The van der Waals surface area contributed by atoms with Gasteiger partial charge in [0.25, 0.3) is 0 Å². The van der Waals surface area contributed by atoms with Gasteiger partial charge in [-0.05, 0) is 19.9 Å². The maximum Gasteiger partial charge on any atom is 0.239 e. The van der Waals surface area contributed by atoms with E-state index in [1.165, 1.54) is 4.90 Å². The first-order valence-corrected chi connectivity index (χ1v) is 6.78. The van der Waals surface area contributed by atoms with Crippen LogP contribution in [-0.4, -0.2) is 43.5 Å². The first-order valence-electron chi connectivity index (χ1n) is 6.78. The van der Waals surface area contributed by atoms with Gasteiger partial charge in [0.1, 0.15) is 5.75 Å². The van der Waals surface area contributed by atoms with E-state index < -0.39 is 0 Å². The molecule has 0 spiro atoms. The molecule has 0 saturated heterocycles. The Balaban J connectivity index is 2.69. The summed E-state index contributed by atoms with van der Waals surface area (Å²) in [5.74, 6) is 0.473. The number of carbonyl (C=O) groups is 2. The summed E-state index contributed by atoms with van der Waals surface area (Å²) in [6.45, 7) is 4.88. The van der Waals surface area contributed by atoms with Gasteiger partial charge in [-0.3, -0.25) is 9.59 Å². The van der Waals surface area contributed by atoms with Crippen LogP contribution in [0, 0.1) is 0 Å². The van der Waals surface area contributed by atoms with Crippen LogP contribution in [0.25, 0.3) is 0 Å². The third-order valence-electron chi connectivity index (χ3n) is 2.98. The molecule has 0 radical (unpaired) electrons. The zero-order chi connectivity index (χ0) is 15.0. The maximum absolute atomic E-state index is 12.2. The molecule has 0 aliphatic heterocycles. The molecule has 1 N–H and O–H groups in total. The van der Waals surface area contributed by atoms with E-state index in [9.17, 15) is 9.59 Å². The standard InChI is InChI=1S/C15H22N2O3/c1-4-16-14(18)11-17(5-2)15(19)10-12-8-6-7-9-13(12)20-3/h6-9H,4-5,10-11H2,1-3H3,(H,16,18). The number of hydrogen-bond acceptors (Lipinski definition) is 3. The topological polar surface area (TPSA) is 58.6 Å². The van der Waals surface area contributed by atoms with Crippen LogP contribution in [0.2, 0.25) is 0 Å². The summed E-state index contributed by atoms with van der Waals surface area (Å²) in [6, 6.07) is 7.41. The van der Waals surface area contributed by atoms with Crippen molar-refractivity contribution in [2.45, 2.75) is 20.3 Å². The fourth-order valence-corrected chi connectivity index (χ4v) is 1.93. The summed E-state index contributed by atoms with van der Waals surface area (Å²) >= 11 is 0. The Labute approximate surface area is 119 Å². The monoisotopic (exact) mass is 278 g/mol. The molecule has 0 fully saturated rings. The summed E-state index contributed by atoms with van der Waals surface area (Å²) in [5.41, 5.74) is 0.828. The molecule has 0 unspecified atom stereocenters. The number of methoxy groups -OCH3 is 1. The summed E-state index contributed by atoms with van der Waals surface area (Å²) in [5, 5.41) is 2.69. The molecule has 0 aliphatic rings. The highest BCUT2D eigenvalue weighted by atomic mass is 16.5. The number of amides is 2. The van der Waals surface area contributed by atoms with E-state index in [2.05, 4.69) is 5.32 Å². The molecule has 2 amide bonds. The molecule has 0 bridgehead atoms. The Morgan fingerprint density at radius 2 is 1.95 bits per heavy atom. The lowest BCUT2D eigenvalue weighted by atomic mass is 10.1. The zero-order valence-corrected chi connectivity index (χ0v) is 12.3. The minimum atomic E-state index is -0.136. The Bertz CT molecular complexity index is 460. The highest BCUT2D eigenvalue weighted by Crippen LogP contribution is 2.18. The number of rotatable bonds is 7. The third kappa shape index (κ3) is 4.57. The van der Waals surface area contributed by atoms with Gasteiger partial charge in [0.05, 0.1) is 20.1 Å². The van der Waals surface area contributed by atoms with Gasteiger partial charge in [-0.1, -0.05) is 18.2 Å². The van der Waals surface area contributed by atoms with Crippen molar-refractivity contribution in [1.29, 1.82) is 0 Å². The number of nitrogens with zero attached hydrogens (tertiary/aromatic N) is 1. The molecule has 1 aromatic rings. The third-order valence-corrected chi connectivity index (χ3v) is 2.98. The highest BCUT2D eigenvalue weighted by Gasteiger charge is 2.17. The summed E-state index contributed by atoms with van der Waals surface area (Å²) in [6.07, 6.45) is 0.233. The quantitative estimate of drug-likeness (QED) is 0.816. The summed E-state index contributed by atoms with van der Waals surface area (Å²) < 4.78 is 5.23. The predicted molar refractivity (Wildman–Crippen MR) is 77.6 cm³/mol. The lowest BCUT2D eigenvalue weighted by molar-refractivity contribution is -0.135. The lowest BCUT2D eigenvalue weighted by Crippen LogP contribution is -2.41. The van der Waals surface area contributed by atoms with Crippen LogP contribution in [0.4, 0.5) is 0 Å². The molecule has 5 heteroatoms. The van der Waals surface area contributed by atoms with E-state index in [0.29, 0.717) is 18.8 Å². The Morgan fingerprint density at radius 1 is 1.25 bits per heavy atom. The number of ether oxygens (including phenoxy) is 1. The highest BCUT2D eigenvalue weighted by molar-refractivity contribution is 5.86. The molecule has 1 rings (SSSR count). The molecule has 5 nitrogen and oxygen atoms in total. The van der Waals surface area contributed by atoms with Crippen molar-refractivity contribution in [3.8, 4) is 5.75 Å². The van der Waals surface area contributed by atoms with Crippen molar-refractivity contribution in [2.24, 2.45) is 0 Å². The second-order valence-electron chi connectivity index (χ2n) is 4.35. The van der Waals surface area contributed by atoms with Gasteiger partial charge in [0.2, 0.25) is 11.8 Å². The van der Waals surface area contributed by atoms with Gasteiger partial charge in [0.15, 0.2) is 0 Å². The number of benzene rings is 1. The summed E-state index contributed by atoms with van der Waals surface area (Å²) in [7, 11) is 1.58. The molecule has 20 heavy (non-hydrogen) atoms. The van der Waals surface area contributed by atoms with Crippen molar-refractivity contribution in [2.75, 3.05) is 26.7 Å². The van der Waals surface area contributed by atoms with Gasteiger partial charge in [0, 0.05) is 18.7 Å². The Hall–Kier alpha value is -2.04. The summed E-state index contributed by atoms with van der Waals surface area (Å²) in [4.78, 5) is 25.3. The number of para-hydroxylation sites is 1. The lowest BCUT2D eigenvalue weighted by Gasteiger charge is -2.20. The smallest absolute Gasteiger partial charge is 0.239 e. The number of carbonyl (C=O) groups excluding carboxylic acids is 2. The van der Waals surface area contributed by atoms with Gasteiger partial charge >= 0.3 is 0 Å². The minimum Gasteiger partial charge on any atom is -0.496 e. The van der Waals surface area contributed by atoms with Crippen molar-refractivity contribution in [1.82, 2.24) is 10.2 Å². The Kier molecular flexibility index (Phi) is 6.56. The van der Waals surface area contributed by atoms with Crippen molar-refractivity contribution >= 4 is 11.8 Å². The normalized spacial score (nSPS) is 9.95. The van der Waals surface area contributed by atoms with Crippen LogP contribution in [0.15, 0.2) is 24.3 Å².